The molecule has 1 rings (SSSR count). The second-order valence-corrected chi connectivity index (χ2v) is 2.00. The van der Waals surface area contributed by atoms with Gasteiger partial charge in [-0.3, -0.25) is 14.9 Å². The third-order valence-electron chi connectivity index (χ3n) is 1.24. The van der Waals surface area contributed by atoms with E-state index >= 15 is 0 Å². The Labute approximate surface area is 83.8 Å². The van der Waals surface area contributed by atoms with Crippen LogP contribution in [0.1, 0.15) is 12.8 Å². The minimum absolute atomic E-state index is 0. The van der Waals surface area contributed by atoms with Crippen molar-refractivity contribution < 1.29 is 42.3 Å². The van der Waals surface area contributed by atoms with Crippen LogP contribution in [0, 0.1) is 0 Å². The monoisotopic (exact) mass is 216 g/mol. The van der Waals surface area contributed by atoms with Gasteiger partial charge in [0.1, 0.15) is 0 Å². The molecule has 1 fully saturated rings. The molecule has 10 heavy (non-hydrogen) atoms. The molecule has 0 bridgehead atoms. The van der Waals surface area contributed by atoms with Crippen molar-refractivity contribution in [3.8, 4) is 0 Å². The summed E-state index contributed by atoms with van der Waals surface area (Å²) < 4.78 is 0. The van der Waals surface area contributed by atoms with Gasteiger partial charge in [-0.05, 0) is 0 Å². The molecule has 1 atom stereocenters. The van der Waals surface area contributed by atoms with Crippen molar-refractivity contribution in [2.75, 3.05) is 0 Å². The van der Waals surface area contributed by atoms with Gasteiger partial charge in [-0.25, -0.2) is 0 Å². The summed E-state index contributed by atoms with van der Waals surface area (Å²) in [5, 5.41) is 2.06. The summed E-state index contributed by atoms with van der Waals surface area (Å²) >= 11 is 0. The Hall–Kier alpha value is 0.204. The molecule has 0 aliphatic carbocycles. The predicted molar refractivity (Wildman–Crippen MR) is 30.5 cm³/mol. The van der Waals surface area contributed by atoms with Crippen molar-refractivity contribution in [1.29, 1.82) is 0 Å². The fraction of sp³-hybridized carbons (Fsp3) is 0.600. The van der Waals surface area contributed by atoms with E-state index in [2.05, 4.69) is 5.32 Å². The van der Waals surface area contributed by atoms with Gasteiger partial charge in [0.05, 0.1) is 0 Å². The molecule has 2 N–H and O–H groups in total. The molecule has 4 nitrogen and oxygen atoms in total. The summed E-state index contributed by atoms with van der Waals surface area (Å²) in [5.41, 5.74) is 7.00. The number of carbonyl (C=O) groups is 2. The van der Waals surface area contributed by atoms with Crippen LogP contribution in [0.2, 0.25) is 0 Å². The Balaban J connectivity index is 0.000000810. The average Bonchev–Trinajstić information content (AvgIpc) is 1.80. The van der Waals surface area contributed by atoms with Gasteiger partial charge in [-0.1, -0.05) is 12.5 Å². The topological polar surface area (TPSA) is 70.0 Å². The van der Waals surface area contributed by atoms with E-state index in [0.717, 1.165) is 0 Å². The quantitative estimate of drug-likeness (QED) is 0.571. The standard InChI is InChI=1S/C5H7N2O2.Y/c6-3-1-2-4(8)7-5(3)9;/h3,6H,1-2H2,(H,7,8,9);/q-1;. The van der Waals surface area contributed by atoms with Crippen molar-refractivity contribution >= 4 is 11.8 Å². The van der Waals surface area contributed by atoms with Crippen LogP contribution in [0.5, 0.6) is 0 Å². The third-order valence-corrected chi connectivity index (χ3v) is 1.24. The maximum atomic E-state index is 10.5. The van der Waals surface area contributed by atoms with E-state index in [0.29, 0.717) is 12.8 Å². The largest absolute Gasteiger partial charge is 0.667 e. The Morgan fingerprint density at radius 2 is 2.10 bits per heavy atom. The number of hydrogen-bond acceptors (Lipinski definition) is 2. The van der Waals surface area contributed by atoms with Crippen LogP contribution in [-0.2, 0) is 42.3 Å². The Morgan fingerprint density at radius 1 is 1.50 bits per heavy atom. The summed E-state index contributed by atoms with van der Waals surface area (Å²) in [7, 11) is 0. The van der Waals surface area contributed by atoms with E-state index in [1.807, 2.05) is 0 Å². The maximum Gasteiger partial charge on any atom is 0.226 e. The van der Waals surface area contributed by atoms with Crippen LogP contribution in [0.4, 0.5) is 0 Å². The summed E-state index contributed by atoms with van der Waals surface area (Å²) in [5.74, 6) is -0.727. The van der Waals surface area contributed by atoms with Crippen LogP contribution >= 0.6 is 0 Å². The summed E-state index contributed by atoms with van der Waals surface area (Å²) in [4.78, 5) is 20.9. The van der Waals surface area contributed by atoms with Crippen LogP contribution in [-0.4, -0.2) is 17.9 Å². The van der Waals surface area contributed by atoms with Crippen molar-refractivity contribution in [1.82, 2.24) is 5.32 Å². The summed E-state index contributed by atoms with van der Waals surface area (Å²) in [6.07, 6.45) is 0.671. The van der Waals surface area contributed by atoms with Gasteiger partial charge in [-0.15, -0.1) is 0 Å². The van der Waals surface area contributed by atoms with E-state index in [-0.39, 0.29) is 38.6 Å². The zero-order valence-electron chi connectivity index (χ0n) is 5.39. The van der Waals surface area contributed by atoms with E-state index < -0.39 is 11.9 Å². The van der Waals surface area contributed by atoms with Gasteiger partial charge < -0.3 is 5.73 Å². The Morgan fingerprint density at radius 3 is 2.50 bits per heavy atom. The zero-order chi connectivity index (χ0) is 6.85. The summed E-state index contributed by atoms with van der Waals surface area (Å²) in [6, 6.07) is -0.734. The second-order valence-electron chi connectivity index (χ2n) is 2.00. The molecule has 1 aliphatic rings. The Bertz CT molecular complexity index is 160. The number of imide groups is 1. The first-order chi connectivity index (χ1) is 4.20. The molecule has 0 saturated carbocycles. The van der Waals surface area contributed by atoms with Crippen LogP contribution in [0.3, 0.4) is 0 Å². The third kappa shape index (κ3) is 2.44. The van der Waals surface area contributed by atoms with E-state index in [1.165, 1.54) is 0 Å². The zero-order valence-corrected chi connectivity index (χ0v) is 8.22. The molecule has 0 aromatic heterocycles. The Kier molecular flexibility index (Phi) is 4.24. The molecule has 1 radical (unpaired) electrons. The molecule has 0 spiro atoms. The van der Waals surface area contributed by atoms with Gasteiger partial charge >= 0.3 is 0 Å². The molecular weight excluding hydrogens is 209 g/mol. The molecule has 1 heterocycles. The van der Waals surface area contributed by atoms with Crippen LogP contribution < -0.4 is 5.32 Å². The first-order valence-corrected chi connectivity index (χ1v) is 2.75. The SMILES string of the molecule is [NH-]C1CCC(=O)NC1=O.[Y]. The number of rotatable bonds is 0. The first kappa shape index (κ1) is 10.2. The second kappa shape index (κ2) is 4.16. The molecule has 1 saturated heterocycles. The number of hydrogen-bond donors (Lipinski definition) is 1. The van der Waals surface area contributed by atoms with Crippen LogP contribution in [0.25, 0.3) is 5.73 Å². The molecule has 1 aliphatic heterocycles. The molecule has 2 amide bonds. The fourth-order valence-electron chi connectivity index (χ4n) is 0.694. The van der Waals surface area contributed by atoms with E-state index in [4.69, 9.17) is 5.73 Å². The molecule has 0 aromatic rings. The fourth-order valence-corrected chi connectivity index (χ4v) is 0.694. The van der Waals surface area contributed by atoms with Crippen LogP contribution in [0.15, 0.2) is 0 Å². The van der Waals surface area contributed by atoms with Gasteiger partial charge in [0, 0.05) is 39.1 Å². The molecule has 1 unspecified atom stereocenters. The molecular formula is C5H7N2O2Y-. The van der Waals surface area contributed by atoms with Crippen molar-refractivity contribution in [3.63, 3.8) is 0 Å². The van der Waals surface area contributed by atoms with Gasteiger partial charge in [-0.2, -0.15) is 0 Å². The van der Waals surface area contributed by atoms with Gasteiger partial charge in [0.25, 0.3) is 0 Å². The number of carbonyl (C=O) groups excluding carboxylic acids is 2. The minimum atomic E-state index is -0.734. The number of nitrogens with one attached hydrogen (secondary N) is 2. The first-order valence-electron chi connectivity index (χ1n) is 2.75. The predicted octanol–water partition coefficient (Wildman–Crippen LogP) is -0.159. The smallest absolute Gasteiger partial charge is 0.226 e. The van der Waals surface area contributed by atoms with Crippen molar-refractivity contribution in [2.24, 2.45) is 0 Å². The maximum absolute atomic E-state index is 10.5. The normalized spacial score (nSPS) is 25.1. The van der Waals surface area contributed by atoms with Gasteiger partial charge in [0.2, 0.25) is 11.8 Å². The van der Waals surface area contributed by atoms with Crippen molar-refractivity contribution in [2.45, 2.75) is 18.9 Å². The van der Waals surface area contributed by atoms with E-state index in [1.54, 1.807) is 0 Å². The average molecular weight is 216 g/mol. The summed E-state index contributed by atoms with van der Waals surface area (Å²) in [6.45, 7) is 0. The molecule has 5 heteroatoms. The number of piperidine rings is 1. The minimum Gasteiger partial charge on any atom is -0.667 e. The number of amides is 2. The van der Waals surface area contributed by atoms with Crippen molar-refractivity contribution in [3.05, 3.63) is 5.73 Å². The van der Waals surface area contributed by atoms with E-state index in [9.17, 15) is 9.59 Å². The molecule has 0 aromatic carbocycles. The van der Waals surface area contributed by atoms with Gasteiger partial charge in [0.15, 0.2) is 0 Å². The molecule has 53 valence electrons.